The molecule has 0 bridgehead atoms. The Labute approximate surface area is 156 Å². The molecule has 132 valence electrons. The van der Waals surface area contributed by atoms with E-state index in [1.54, 1.807) is 24.3 Å². The highest BCUT2D eigenvalue weighted by atomic mass is 79.9. The van der Waals surface area contributed by atoms with Crippen LogP contribution in [-0.4, -0.2) is 14.9 Å². The van der Waals surface area contributed by atoms with Crippen LogP contribution in [0.2, 0.25) is 0 Å². The fourth-order valence-electron chi connectivity index (χ4n) is 2.23. The lowest BCUT2D eigenvalue weighted by atomic mass is 10.2. The minimum Gasteiger partial charge on any atom is -0.360 e. The molecule has 2 aromatic carbocycles. The molecule has 7 nitrogen and oxygen atoms in total. The molecule has 0 fully saturated rings. The molecule has 0 saturated heterocycles. The SMILES string of the molecule is O=[N+]([O-])c1c(NCc2ccc(F)cc2)ncnc1Nc1ccc(Br)cc1. The minimum absolute atomic E-state index is 0.0777. The molecule has 0 aliphatic carbocycles. The van der Waals surface area contributed by atoms with Crippen molar-refractivity contribution in [1.82, 2.24) is 9.97 Å². The average molecular weight is 418 g/mol. The molecule has 3 aromatic rings. The number of hydrogen-bond acceptors (Lipinski definition) is 6. The molecule has 26 heavy (non-hydrogen) atoms. The van der Waals surface area contributed by atoms with Crippen molar-refractivity contribution in [3.8, 4) is 0 Å². The van der Waals surface area contributed by atoms with Crippen molar-refractivity contribution in [2.45, 2.75) is 6.54 Å². The van der Waals surface area contributed by atoms with Crippen molar-refractivity contribution in [3.63, 3.8) is 0 Å². The maximum Gasteiger partial charge on any atom is 0.353 e. The van der Waals surface area contributed by atoms with Gasteiger partial charge >= 0.3 is 5.69 Å². The summed E-state index contributed by atoms with van der Waals surface area (Å²) in [6.45, 7) is 0.260. The molecule has 0 aliphatic rings. The second-order valence-electron chi connectivity index (χ2n) is 5.29. The van der Waals surface area contributed by atoms with Crippen molar-refractivity contribution in [1.29, 1.82) is 0 Å². The number of nitro groups is 1. The van der Waals surface area contributed by atoms with Gasteiger partial charge in [-0.2, -0.15) is 0 Å². The molecular weight excluding hydrogens is 405 g/mol. The Morgan fingerprint density at radius 1 is 1.04 bits per heavy atom. The van der Waals surface area contributed by atoms with E-state index in [9.17, 15) is 14.5 Å². The highest BCUT2D eigenvalue weighted by Gasteiger charge is 2.23. The standard InChI is InChI=1S/C17H13BrFN5O2/c18-12-3-7-14(8-4-12)23-17-15(24(25)26)16(21-10-22-17)20-9-11-1-5-13(19)6-2-11/h1-8,10H,9H2,(H2,20,21,22,23). The molecule has 0 atom stereocenters. The second kappa shape index (κ2) is 7.87. The number of benzene rings is 2. The molecule has 9 heteroatoms. The third kappa shape index (κ3) is 4.31. The van der Waals surface area contributed by atoms with Gasteiger partial charge in [-0.1, -0.05) is 28.1 Å². The first kappa shape index (κ1) is 17.7. The molecular formula is C17H13BrFN5O2. The number of halogens is 2. The van der Waals surface area contributed by atoms with Crippen molar-refractivity contribution in [3.05, 3.63) is 80.8 Å². The zero-order valence-electron chi connectivity index (χ0n) is 13.3. The summed E-state index contributed by atoms with van der Waals surface area (Å²) in [5.74, 6) is -0.189. The van der Waals surface area contributed by atoms with Gasteiger partial charge in [-0.3, -0.25) is 10.1 Å². The van der Waals surface area contributed by atoms with Crippen LogP contribution in [0.25, 0.3) is 0 Å². The van der Waals surface area contributed by atoms with Crippen LogP contribution >= 0.6 is 15.9 Å². The normalized spacial score (nSPS) is 10.4. The van der Waals surface area contributed by atoms with Gasteiger partial charge in [-0.25, -0.2) is 14.4 Å². The van der Waals surface area contributed by atoms with E-state index in [0.29, 0.717) is 5.69 Å². The molecule has 3 rings (SSSR count). The lowest BCUT2D eigenvalue weighted by Crippen LogP contribution is -2.08. The van der Waals surface area contributed by atoms with E-state index in [1.165, 1.54) is 18.5 Å². The van der Waals surface area contributed by atoms with Gasteiger partial charge in [0.15, 0.2) is 0 Å². The number of nitrogens with one attached hydrogen (secondary N) is 2. The Morgan fingerprint density at radius 3 is 2.35 bits per heavy atom. The number of nitrogens with zero attached hydrogens (tertiary/aromatic N) is 3. The van der Waals surface area contributed by atoms with Crippen LogP contribution in [0.5, 0.6) is 0 Å². The van der Waals surface area contributed by atoms with Crippen LogP contribution in [0.3, 0.4) is 0 Å². The first-order valence-corrected chi connectivity index (χ1v) is 8.32. The Balaban J connectivity index is 1.84. The van der Waals surface area contributed by atoms with Crippen LogP contribution < -0.4 is 10.6 Å². The van der Waals surface area contributed by atoms with E-state index in [-0.39, 0.29) is 29.7 Å². The van der Waals surface area contributed by atoms with Crippen molar-refractivity contribution >= 4 is 38.9 Å². The van der Waals surface area contributed by atoms with E-state index in [1.807, 2.05) is 12.1 Å². The summed E-state index contributed by atoms with van der Waals surface area (Å²) in [6.07, 6.45) is 1.24. The molecule has 0 radical (unpaired) electrons. The Kier molecular flexibility index (Phi) is 5.37. The zero-order valence-corrected chi connectivity index (χ0v) is 14.9. The monoisotopic (exact) mass is 417 g/mol. The van der Waals surface area contributed by atoms with Gasteiger partial charge in [0, 0.05) is 16.7 Å². The molecule has 0 saturated carbocycles. The van der Waals surface area contributed by atoms with Crippen LogP contribution in [0, 0.1) is 15.9 Å². The van der Waals surface area contributed by atoms with Gasteiger partial charge in [-0.15, -0.1) is 0 Å². The third-order valence-corrected chi connectivity index (χ3v) is 4.01. The van der Waals surface area contributed by atoms with Crippen molar-refractivity contribution in [2.75, 3.05) is 10.6 Å². The highest BCUT2D eigenvalue weighted by Crippen LogP contribution is 2.31. The number of rotatable bonds is 6. The summed E-state index contributed by atoms with van der Waals surface area (Å²) >= 11 is 3.33. The summed E-state index contributed by atoms with van der Waals surface area (Å²) < 4.78 is 13.9. The fourth-order valence-corrected chi connectivity index (χ4v) is 2.49. The van der Waals surface area contributed by atoms with Gasteiger partial charge in [0.25, 0.3) is 0 Å². The topological polar surface area (TPSA) is 93.0 Å². The summed E-state index contributed by atoms with van der Waals surface area (Å²) in [6, 6.07) is 13.0. The zero-order chi connectivity index (χ0) is 18.5. The molecule has 0 unspecified atom stereocenters. The summed E-state index contributed by atoms with van der Waals surface area (Å²) in [4.78, 5) is 18.9. The van der Waals surface area contributed by atoms with E-state index in [0.717, 1.165) is 10.0 Å². The van der Waals surface area contributed by atoms with E-state index in [2.05, 4.69) is 36.5 Å². The average Bonchev–Trinajstić information content (AvgIpc) is 2.63. The molecule has 0 aliphatic heterocycles. The molecule has 2 N–H and O–H groups in total. The van der Waals surface area contributed by atoms with Gasteiger partial charge in [0.1, 0.15) is 12.1 Å². The number of hydrogen-bond donors (Lipinski definition) is 2. The fraction of sp³-hybridized carbons (Fsp3) is 0.0588. The molecule has 0 spiro atoms. The van der Waals surface area contributed by atoms with Gasteiger partial charge in [-0.05, 0) is 42.0 Å². The summed E-state index contributed by atoms with van der Waals surface area (Å²) in [5, 5.41) is 17.4. The predicted molar refractivity (Wildman–Crippen MR) is 99.8 cm³/mol. The highest BCUT2D eigenvalue weighted by molar-refractivity contribution is 9.10. The van der Waals surface area contributed by atoms with E-state index in [4.69, 9.17) is 0 Å². The smallest absolute Gasteiger partial charge is 0.353 e. The summed E-state index contributed by atoms with van der Waals surface area (Å²) in [5.41, 5.74) is 1.15. The van der Waals surface area contributed by atoms with Crippen molar-refractivity contribution < 1.29 is 9.31 Å². The largest absolute Gasteiger partial charge is 0.360 e. The molecule has 0 amide bonds. The Hall–Kier alpha value is -3.07. The van der Waals surface area contributed by atoms with Crippen molar-refractivity contribution in [2.24, 2.45) is 0 Å². The second-order valence-corrected chi connectivity index (χ2v) is 6.20. The van der Waals surface area contributed by atoms with Crippen LogP contribution in [-0.2, 0) is 6.54 Å². The number of aromatic nitrogens is 2. The minimum atomic E-state index is -0.547. The van der Waals surface area contributed by atoms with Crippen LogP contribution in [0.4, 0.5) is 27.4 Å². The molecule has 1 heterocycles. The van der Waals surface area contributed by atoms with Gasteiger partial charge in [0.2, 0.25) is 11.6 Å². The van der Waals surface area contributed by atoms with E-state index >= 15 is 0 Å². The first-order chi connectivity index (χ1) is 12.5. The Bertz CT molecular complexity index is 919. The lowest BCUT2D eigenvalue weighted by molar-refractivity contribution is -0.383. The first-order valence-electron chi connectivity index (χ1n) is 7.53. The summed E-state index contributed by atoms with van der Waals surface area (Å²) in [7, 11) is 0. The van der Waals surface area contributed by atoms with Gasteiger partial charge < -0.3 is 10.6 Å². The quantitative estimate of drug-likeness (QED) is 0.448. The predicted octanol–water partition coefficient (Wildman–Crippen LogP) is 4.64. The number of anilines is 3. The Morgan fingerprint density at radius 2 is 1.69 bits per heavy atom. The third-order valence-electron chi connectivity index (χ3n) is 3.49. The van der Waals surface area contributed by atoms with Gasteiger partial charge in [0.05, 0.1) is 4.92 Å². The maximum absolute atomic E-state index is 13.0. The molecule has 1 aromatic heterocycles. The van der Waals surface area contributed by atoms with Crippen LogP contribution in [0.1, 0.15) is 5.56 Å². The maximum atomic E-state index is 13.0. The van der Waals surface area contributed by atoms with E-state index < -0.39 is 4.92 Å². The lowest BCUT2D eigenvalue weighted by Gasteiger charge is -2.10. The van der Waals surface area contributed by atoms with Crippen LogP contribution in [0.15, 0.2) is 59.3 Å².